The summed E-state index contributed by atoms with van der Waals surface area (Å²) in [5.74, 6) is -1.06. The van der Waals surface area contributed by atoms with Crippen molar-refractivity contribution in [3.05, 3.63) is 46.7 Å². The lowest BCUT2D eigenvalue weighted by molar-refractivity contribution is 0.0843. The maximum absolute atomic E-state index is 12.1. The average molecular weight is 366 g/mol. The molecular weight excluding hydrogens is 350 g/mol. The Morgan fingerprint density at radius 2 is 1.92 bits per heavy atom. The Morgan fingerprint density at radius 1 is 1.21 bits per heavy atom. The molecule has 2 rings (SSSR count). The van der Waals surface area contributed by atoms with Crippen LogP contribution in [0.15, 0.2) is 35.6 Å². The number of benzene rings is 1. The van der Waals surface area contributed by atoms with Crippen LogP contribution in [-0.4, -0.2) is 42.1 Å². The van der Waals surface area contributed by atoms with Crippen LogP contribution >= 0.6 is 23.4 Å². The molecule has 0 spiro atoms. The van der Waals surface area contributed by atoms with Gasteiger partial charge in [-0.2, -0.15) is 0 Å². The summed E-state index contributed by atoms with van der Waals surface area (Å²) < 4.78 is 0. The number of nitrogens with one attached hydrogen (secondary N) is 2. The summed E-state index contributed by atoms with van der Waals surface area (Å²) in [6, 6.07) is 7.00. The highest BCUT2D eigenvalue weighted by Crippen LogP contribution is 2.16. The Labute approximate surface area is 148 Å². The van der Waals surface area contributed by atoms with Gasteiger partial charge in [0.25, 0.3) is 11.8 Å². The number of hydrazine groups is 1. The van der Waals surface area contributed by atoms with Crippen LogP contribution in [0.1, 0.15) is 20.8 Å². The molecule has 0 fully saturated rings. The minimum Gasteiger partial charge on any atom is -0.378 e. The van der Waals surface area contributed by atoms with E-state index in [2.05, 4.69) is 20.8 Å². The number of carbonyl (C=O) groups is 2. The van der Waals surface area contributed by atoms with E-state index in [0.29, 0.717) is 10.7 Å². The number of hydrogen-bond acceptors (Lipinski definition) is 6. The molecule has 0 bridgehead atoms. The van der Waals surface area contributed by atoms with Crippen molar-refractivity contribution in [2.45, 2.75) is 5.16 Å². The third-order valence-corrected chi connectivity index (χ3v) is 3.87. The van der Waals surface area contributed by atoms with E-state index in [0.717, 1.165) is 5.69 Å². The first kappa shape index (κ1) is 18.0. The minimum absolute atomic E-state index is 0.00152. The van der Waals surface area contributed by atoms with Crippen LogP contribution in [0.5, 0.6) is 0 Å². The van der Waals surface area contributed by atoms with E-state index in [4.69, 9.17) is 11.6 Å². The zero-order valence-corrected chi connectivity index (χ0v) is 14.9. The fourth-order valence-electron chi connectivity index (χ4n) is 1.78. The smallest absolute Gasteiger partial charge is 0.289 e. The summed E-state index contributed by atoms with van der Waals surface area (Å²) in [5.41, 5.74) is 5.94. The standard InChI is InChI=1S/C15H16ClN5O2S/c1-21(2)10-6-4-5-9(7-10)13(22)19-20-14(23)12-11(16)8-17-15(18-12)24-3/h4-8H,1-3H3,(H,19,22)(H,20,23). The number of carbonyl (C=O) groups excluding carboxylic acids is 2. The Kier molecular flexibility index (Phi) is 5.99. The largest absolute Gasteiger partial charge is 0.378 e. The lowest BCUT2D eigenvalue weighted by atomic mass is 10.2. The number of thioether (sulfide) groups is 1. The molecule has 0 saturated carbocycles. The van der Waals surface area contributed by atoms with Crippen LogP contribution in [0.25, 0.3) is 0 Å². The molecule has 1 aromatic heterocycles. The molecule has 2 N–H and O–H groups in total. The third-order valence-electron chi connectivity index (χ3n) is 3.03. The molecule has 0 radical (unpaired) electrons. The van der Waals surface area contributed by atoms with E-state index in [9.17, 15) is 9.59 Å². The Bertz CT molecular complexity index is 769. The van der Waals surface area contributed by atoms with E-state index in [1.807, 2.05) is 25.1 Å². The number of halogens is 1. The normalized spacial score (nSPS) is 10.2. The van der Waals surface area contributed by atoms with Gasteiger partial charge >= 0.3 is 0 Å². The molecule has 0 aliphatic rings. The maximum atomic E-state index is 12.1. The van der Waals surface area contributed by atoms with Crippen molar-refractivity contribution in [1.29, 1.82) is 0 Å². The van der Waals surface area contributed by atoms with Gasteiger partial charge in [0.2, 0.25) is 0 Å². The molecule has 2 amide bonds. The van der Waals surface area contributed by atoms with Crippen molar-refractivity contribution < 1.29 is 9.59 Å². The number of aromatic nitrogens is 2. The molecule has 0 unspecified atom stereocenters. The van der Waals surface area contributed by atoms with Gasteiger partial charge in [-0.25, -0.2) is 9.97 Å². The van der Waals surface area contributed by atoms with Crippen molar-refractivity contribution >= 4 is 40.9 Å². The molecule has 24 heavy (non-hydrogen) atoms. The van der Waals surface area contributed by atoms with Crippen molar-refractivity contribution in [2.24, 2.45) is 0 Å². The second kappa shape index (κ2) is 7.98. The average Bonchev–Trinajstić information content (AvgIpc) is 2.59. The number of amides is 2. The van der Waals surface area contributed by atoms with Crippen LogP contribution in [0.2, 0.25) is 5.02 Å². The lowest BCUT2D eigenvalue weighted by Gasteiger charge is -2.13. The van der Waals surface area contributed by atoms with Gasteiger partial charge in [-0.15, -0.1) is 0 Å². The third kappa shape index (κ3) is 4.36. The molecule has 0 saturated heterocycles. The van der Waals surface area contributed by atoms with Gasteiger partial charge in [-0.3, -0.25) is 20.4 Å². The van der Waals surface area contributed by atoms with E-state index >= 15 is 0 Å². The minimum atomic E-state index is -0.616. The second-order valence-corrected chi connectivity index (χ2v) is 6.09. The van der Waals surface area contributed by atoms with Crippen molar-refractivity contribution in [1.82, 2.24) is 20.8 Å². The molecule has 126 valence electrons. The molecular formula is C15H16ClN5O2S. The monoisotopic (exact) mass is 365 g/mol. The Hall–Kier alpha value is -2.32. The molecule has 7 nitrogen and oxygen atoms in total. The van der Waals surface area contributed by atoms with Crippen molar-refractivity contribution in [2.75, 3.05) is 25.3 Å². The van der Waals surface area contributed by atoms with Gasteiger partial charge in [-0.1, -0.05) is 29.4 Å². The van der Waals surface area contributed by atoms with Gasteiger partial charge in [0, 0.05) is 25.3 Å². The van der Waals surface area contributed by atoms with Gasteiger partial charge in [0.05, 0.1) is 11.2 Å². The molecule has 1 heterocycles. The summed E-state index contributed by atoms with van der Waals surface area (Å²) in [5, 5.41) is 0.517. The Morgan fingerprint density at radius 3 is 2.58 bits per heavy atom. The summed E-state index contributed by atoms with van der Waals surface area (Å²) in [4.78, 5) is 34.1. The summed E-state index contributed by atoms with van der Waals surface area (Å²) in [6.45, 7) is 0. The van der Waals surface area contributed by atoms with E-state index < -0.39 is 11.8 Å². The van der Waals surface area contributed by atoms with Crippen molar-refractivity contribution in [3.63, 3.8) is 0 Å². The predicted octanol–water partition coefficient (Wildman–Crippen LogP) is 1.99. The predicted molar refractivity (Wildman–Crippen MR) is 94.5 cm³/mol. The molecule has 9 heteroatoms. The van der Waals surface area contributed by atoms with E-state index in [1.165, 1.54) is 18.0 Å². The summed E-state index contributed by atoms with van der Waals surface area (Å²) in [6.07, 6.45) is 3.13. The first-order chi connectivity index (χ1) is 11.4. The number of nitrogens with zero attached hydrogens (tertiary/aromatic N) is 3. The highest BCUT2D eigenvalue weighted by molar-refractivity contribution is 7.98. The van der Waals surface area contributed by atoms with Crippen molar-refractivity contribution in [3.8, 4) is 0 Å². The second-order valence-electron chi connectivity index (χ2n) is 4.91. The first-order valence-corrected chi connectivity index (χ1v) is 8.47. The number of hydrogen-bond donors (Lipinski definition) is 2. The highest BCUT2D eigenvalue weighted by Gasteiger charge is 2.15. The molecule has 0 aliphatic carbocycles. The van der Waals surface area contributed by atoms with Gasteiger partial charge in [-0.05, 0) is 24.5 Å². The van der Waals surface area contributed by atoms with Crippen LogP contribution in [0.4, 0.5) is 5.69 Å². The number of anilines is 1. The molecule has 2 aromatic rings. The molecule has 0 aliphatic heterocycles. The summed E-state index contributed by atoms with van der Waals surface area (Å²) >= 11 is 7.20. The molecule has 0 atom stereocenters. The lowest BCUT2D eigenvalue weighted by Crippen LogP contribution is -2.42. The van der Waals surface area contributed by atoms with Crippen LogP contribution in [-0.2, 0) is 0 Å². The quantitative estimate of drug-likeness (QED) is 0.489. The Balaban J connectivity index is 2.06. The topological polar surface area (TPSA) is 87.2 Å². The fraction of sp³-hybridized carbons (Fsp3) is 0.200. The van der Waals surface area contributed by atoms with E-state index in [-0.39, 0.29) is 10.7 Å². The van der Waals surface area contributed by atoms with Gasteiger partial charge < -0.3 is 4.90 Å². The van der Waals surface area contributed by atoms with Crippen LogP contribution < -0.4 is 15.8 Å². The van der Waals surface area contributed by atoms with Crippen LogP contribution in [0.3, 0.4) is 0 Å². The fourth-order valence-corrected chi connectivity index (χ4v) is 2.30. The maximum Gasteiger partial charge on any atom is 0.289 e. The van der Waals surface area contributed by atoms with E-state index in [1.54, 1.807) is 24.5 Å². The first-order valence-electron chi connectivity index (χ1n) is 6.87. The highest BCUT2D eigenvalue weighted by atomic mass is 35.5. The van der Waals surface area contributed by atoms with Crippen LogP contribution in [0, 0.1) is 0 Å². The molecule has 1 aromatic carbocycles. The zero-order valence-electron chi connectivity index (χ0n) is 13.3. The number of rotatable bonds is 4. The summed E-state index contributed by atoms with van der Waals surface area (Å²) in [7, 11) is 3.75. The zero-order chi connectivity index (χ0) is 17.7. The van der Waals surface area contributed by atoms with Gasteiger partial charge in [0.1, 0.15) is 0 Å². The SMILES string of the molecule is CSc1ncc(Cl)c(C(=O)NNC(=O)c2cccc(N(C)C)c2)n1. The van der Waals surface area contributed by atoms with Gasteiger partial charge in [0.15, 0.2) is 10.9 Å².